The molecule has 1 aliphatic rings. The number of rotatable bonds is 8. The first kappa shape index (κ1) is 21.9. The molecular formula is C21H32N2O5. The number of benzene rings is 1. The molecule has 0 heterocycles. The third kappa shape index (κ3) is 6.94. The summed E-state index contributed by atoms with van der Waals surface area (Å²) in [6.45, 7) is 5.77. The standard InChI is InChI=1S/C21H32N2O5/c1-21(2,3)28-20(26)23-16(12-14-6-5-7-14)19(25)22-11-10-15-8-9-18(27-4)17(24)13-15/h8-9,13-14,16,24H,5-7,10-12H2,1-4H3,(H,22,25)(H,23,26)/t16-/m1/s1. The number of ether oxygens (including phenoxy) is 2. The summed E-state index contributed by atoms with van der Waals surface area (Å²) in [5.41, 5.74) is 0.270. The lowest BCUT2D eigenvalue weighted by atomic mass is 9.80. The first-order chi connectivity index (χ1) is 13.2. The second-order valence-corrected chi connectivity index (χ2v) is 8.28. The molecule has 2 amide bonds. The Morgan fingerprint density at radius 2 is 2.00 bits per heavy atom. The van der Waals surface area contributed by atoms with Gasteiger partial charge in [-0.05, 0) is 57.2 Å². The molecule has 1 aromatic rings. The molecule has 0 unspecified atom stereocenters. The van der Waals surface area contributed by atoms with E-state index < -0.39 is 17.7 Å². The van der Waals surface area contributed by atoms with Gasteiger partial charge < -0.3 is 25.2 Å². The molecule has 1 atom stereocenters. The molecule has 7 heteroatoms. The van der Waals surface area contributed by atoms with E-state index in [1.807, 2.05) is 6.07 Å². The number of phenols is 1. The minimum atomic E-state index is -0.613. The Labute approximate surface area is 166 Å². The molecule has 0 saturated heterocycles. The Kier molecular flexibility index (Phi) is 7.54. The number of alkyl carbamates (subject to hydrolysis) is 1. The lowest BCUT2D eigenvalue weighted by Gasteiger charge is -2.30. The van der Waals surface area contributed by atoms with Crippen molar-refractivity contribution < 1.29 is 24.2 Å². The normalized spacial score (nSPS) is 15.3. The third-order valence-corrected chi connectivity index (χ3v) is 4.76. The Morgan fingerprint density at radius 3 is 2.54 bits per heavy atom. The highest BCUT2D eigenvalue weighted by molar-refractivity contribution is 5.85. The summed E-state index contributed by atoms with van der Waals surface area (Å²) in [7, 11) is 1.49. The van der Waals surface area contributed by atoms with Gasteiger partial charge in [-0.2, -0.15) is 0 Å². The van der Waals surface area contributed by atoms with Gasteiger partial charge in [-0.1, -0.05) is 25.3 Å². The van der Waals surface area contributed by atoms with E-state index in [0.717, 1.165) is 18.4 Å². The van der Waals surface area contributed by atoms with Crippen LogP contribution in [0.15, 0.2) is 18.2 Å². The van der Waals surface area contributed by atoms with Crippen LogP contribution < -0.4 is 15.4 Å². The van der Waals surface area contributed by atoms with Crippen LogP contribution in [0.25, 0.3) is 0 Å². The molecule has 0 aliphatic heterocycles. The predicted molar refractivity (Wildman–Crippen MR) is 106 cm³/mol. The summed E-state index contributed by atoms with van der Waals surface area (Å²) in [5, 5.41) is 15.4. The van der Waals surface area contributed by atoms with E-state index in [1.54, 1.807) is 32.9 Å². The van der Waals surface area contributed by atoms with E-state index in [0.29, 0.717) is 31.1 Å². The number of nitrogens with one attached hydrogen (secondary N) is 2. The van der Waals surface area contributed by atoms with E-state index in [9.17, 15) is 14.7 Å². The van der Waals surface area contributed by atoms with Crippen LogP contribution in [0.5, 0.6) is 11.5 Å². The molecule has 7 nitrogen and oxygen atoms in total. The highest BCUT2D eigenvalue weighted by Crippen LogP contribution is 2.30. The van der Waals surface area contributed by atoms with E-state index in [-0.39, 0.29) is 11.7 Å². The molecule has 1 aliphatic carbocycles. The summed E-state index contributed by atoms with van der Waals surface area (Å²) in [6.07, 6.45) is 3.95. The zero-order chi connectivity index (χ0) is 20.7. The Morgan fingerprint density at radius 1 is 1.29 bits per heavy atom. The minimum Gasteiger partial charge on any atom is -0.504 e. The Hall–Kier alpha value is -2.44. The fourth-order valence-electron chi connectivity index (χ4n) is 3.09. The zero-order valence-electron chi connectivity index (χ0n) is 17.2. The van der Waals surface area contributed by atoms with Crippen LogP contribution in [-0.4, -0.2) is 42.4 Å². The van der Waals surface area contributed by atoms with Crippen LogP contribution in [0, 0.1) is 5.92 Å². The number of carbonyl (C=O) groups is 2. The predicted octanol–water partition coefficient (Wildman–Crippen LogP) is 3.14. The molecule has 2 rings (SSSR count). The minimum absolute atomic E-state index is 0.0702. The van der Waals surface area contributed by atoms with Gasteiger partial charge in [-0.25, -0.2) is 4.79 Å². The van der Waals surface area contributed by atoms with Crippen LogP contribution in [0.3, 0.4) is 0 Å². The van der Waals surface area contributed by atoms with Crippen molar-refractivity contribution >= 4 is 12.0 Å². The molecule has 0 bridgehead atoms. The number of phenolic OH excluding ortho intramolecular Hbond substituents is 1. The first-order valence-electron chi connectivity index (χ1n) is 9.81. The van der Waals surface area contributed by atoms with Crippen LogP contribution in [-0.2, 0) is 16.0 Å². The average molecular weight is 392 g/mol. The number of carbonyl (C=O) groups excluding carboxylic acids is 2. The second-order valence-electron chi connectivity index (χ2n) is 8.28. The average Bonchev–Trinajstić information content (AvgIpc) is 2.55. The molecule has 0 aromatic heterocycles. The van der Waals surface area contributed by atoms with Crippen molar-refractivity contribution in [1.29, 1.82) is 0 Å². The third-order valence-electron chi connectivity index (χ3n) is 4.76. The maximum Gasteiger partial charge on any atom is 0.408 e. The monoisotopic (exact) mass is 392 g/mol. The van der Waals surface area contributed by atoms with Gasteiger partial charge in [0.2, 0.25) is 5.91 Å². The Balaban J connectivity index is 1.88. The highest BCUT2D eigenvalue weighted by Gasteiger charge is 2.29. The topological polar surface area (TPSA) is 96.9 Å². The summed E-state index contributed by atoms with van der Waals surface area (Å²) in [6, 6.07) is 4.55. The molecule has 28 heavy (non-hydrogen) atoms. The van der Waals surface area contributed by atoms with Gasteiger partial charge in [0.15, 0.2) is 11.5 Å². The molecule has 1 aromatic carbocycles. The smallest absolute Gasteiger partial charge is 0.408 e. The summed E-state index contributed by atoms with van der Waals surface area (Å²) < 4.78 is 10.3. The SMILES string of the molecule is COc1ccc(CCNC(=O)[C@@H](CC2CCC2)NC(=O)OC(C)(C)C)cc1O. The summed E-state index contributed by atoms with van der Waals surface area (Å²) in [4.78, 5) is 24.7. The maximum absolute atomic E-state index is 12.6. The lowest BCUT2D eigenvalue weighted by Crippen LogP contribution is -2.49. The van der Waals surface area contributed by atoms with Gasteiger partial charge in [0.25, 0.3) is 0 Å². The molecule has 0 spiro atoms. The van der Waals surface area contributed by atoms with E-state index in [1.165, 1.54) is 13.5 Å². The van der Waals surface area contributed by atoms with Gasteiger partial charge in [0, 0.05) is 6.54 Å². The van der Waals surface area contributed by atoms with Crippen molar-refractivity contribution in [3.63, 3.8) is 0 Å². The van der Waals surface area contributed by atoms with Crippen molar-refractivity contribution in [1.82, 2.24) is 10.6 Å². The van der Waals surface area contributed by atoms with Crippen molar-refractivity contribution in [2.75, 3.05) is 13.7 Å². The van der Waals surface area contributed by atoms with Gasteiger partial charge in [0.1, 0.15) is 11.6 Å². The van der Waals surface area contributed by atoms with Crippen LogP contribution in [0.4, 0.5) is 4.79 Å². The van der Waals surface area contributed by atoms with E-state index in [2.05, 4.69) is 10.6 Å². The number of hydrogen-bond acceptors (Lipinski definition) is 5. The maximum atomic E-state index is 12.6. The van der Waals surface area contributed by atoms with Crippen molar-refractivity contribution in [3.05, 3.63) is 23.8 Å². The van der Waals surface area contributed by atoms with Crippen molar-refractivity contribution in [2.24, 2.45) is 5.92 Å². The van der Waals surface area contributed by atoms with Gasteiger partial charge in [-0.3, -0.25) is 4.79 Å². The van der Waals surface area contributed by atoms with Crippen LogP contribution in [0.2, 0.25) is 0 Å². The fourth-order valence-corrected chi connectivity index (χ4v) is 3.09. The summed E-state index contributed by atoms with van der Waals surface area (Å²) in [5.74, 6) is 0.732. The van der Waals surface area contributed by atoms with Gasteiger partial charge in [0.05, 0.1) is 7.11 Å². The zero-order valence-corrected chi connectivity index (χ0v) is 17.2. The first-order valence-corrected chi connectivity index (χ1v) is 9.81. The van der Waals surface area contributed by atoms with Gasteiger partial charge >= 0.3 is 6.09 Å². The molecule has 156 valence electrons. The number of hydrogen-bond donors (Lipinski definition) is 3. The lowest BCUT2D eigenvalue weighted by molar-refractivity contribution is -0.123. The number of aromatic hydroxyl groups is 1. The number of amides is 2. The van der Waals surface area contributed by atoms with E-state index in [4.69, 9.17) is 9.47 Å². The quantitative estimate of drug-likeness (QED) is 0.631. The molecule has 1 saturated carbocycles. The van der Waals surface area contributed by atoms with Crippen molar-refractivity contribution in [3.8, 4) is 11.5 Å². The molecule has 3 N–H and O–H groups in total. The Bertz CT molecular complexity index is 680. The van der Waals surface area contributed by atoms with Crippen molar-refractivity contribution in [2.45, 2.75) is 64.5 Å². The molecule has 1 fully saturated rings. The van der Waals surface area contributed by atoms with E-state index >= 15 is 0 Å². The summed E-state index contributed by atoms with van der Waals surface area (Å²) >= 11 is 0. The molecular weight excluding hydrogens is 360 g/mol. The molecule has 0 radical (unpaired) electrons. The largest absolute Gasteiger partial charge is 0.504 e. The van der Waals surface area contributed by atoms with Crippen LogP contribution >= 0.6 is 0 Å². The van der Waals surface area contributed by atoms with Crippen LogP contribution in [0.1, 0.15) is 52.0 Å². The number of methoxy groups -OCH3 is 1. The highest BCUT2D eigenvalue weighted by atomic mass is 16.6. The second kappa shape index (κ2) is 9.66. The fraction of sp³-hybridized carbons (Fsp3) is 0.619. The van der Waals surface area contributed by atoms with Gasteiger partial charge in [-0.15, -0.1) is 0 Å².